The molecular formula is C38H35N3O4. The zero-order valence-corrected chi connectivity index (χ0v) is 25.4. The molecule has 226 valence electrons. The van der Waals surface area contributed by atoms with Crippen LogP contribution in [0.15, 0.2) is 121 Å². The molecule has 0 spiro atoms. The number of rotatable bonds is 9. The number of methoxy groups -OCH3 is 2. The van der Waals surface area contributed by atoms with Gasteiger partial charge in [0.25, 0.3) is 0 Å². The predicted octanol–water partition coefficient (Wildman–Crippen LogP) is 6.75. The van der Waals surface area contributed by atoms with Crippen LogP contribution in [0.5, 0.6) is 11.5 Å². The zero-order valence-electron chi connectivity index (χ0n) is 25.4. The summed E-state index contributed by atoms with van der Waals surface area (Å²) in [6.07, 6.45) is 3.77. The Morgan fingerprint density at radius 1 is 0.778 bits per heavy atom. The highest BCUT2D eigenvalue weighted by Gasteiger charge is 2.42. The van der Waals surface area contributed by atoms with Crippen LogP contribution in [-0.2, 0) is 9.59 Å². The van der Waals surface area contributed by atoms with Gasteiger partial charge in [0, 0.05) is 17.8 Å². The highest BCUT2D eigenvalue weighted by molar-refractivity contribution is 6.01. The van der Waals surface area contributed by atoms with Crippen molar-refractivity contribution in [1.82, 2.24) is 9.47 Å². The summed E-state index contributed by atoms with van der Waals surface area (Å²) in [5, 5.41) is 0. The van der Waals surface area contributed by atoms with Crippen molar-refractivity contribution in [1.29, 1.82) is 0 Å². The number of ether oxygens (including phenoxy) is 2. The molecule has 1 fully saturated rings. The average molecular weight is 598 g/mol. The minimum atomic E-state index is -0.513. The summed E-state index contributed by atoms with van der Waals surface area (Å²) in [6, 6.07) is 36.8. The molecule has 1 saturated carbocycles. The number of benzene rings is 4. The lowest BCUT2D eigenvalue weighted by atomic mass is 9.90. The molecule has 2 aliphatic rings. The summed E-state index contributed by atoms with van der Waals surface area (Å²) in [4.78, 5) is 33.1. The molecule has 2 heterocycles. The van der Waals surface area contributed by atoms with Gasteiger partial charge in [0.2, 0.25) is 11.8 Å². The molecule has 2 amide bonds. The molecule has 1 aromatic heterocycles. The fraction of sp³-hybridized carbons (Fsp3) is 0.211. The number of aromatic nitrogens is 1. The van der Waals surface area contributed by atoms with Crippen molar-refractivity contribution in [2.24, 2.45) is 0 Å². The molecular weight excluding hydrogens is 562 g/mol. The van der Waals surface area contributed by atoms with Gasteiger partial charge in [-0.05, 0) is 66.4 Å². The van der Waals surface area contributed by atoms with Crippen molar-refractivity contribution in [2.45, 2.75) is 30.8 Å². The van der Waals surface area contributed by atoms with Gasteiger partial charge in [-0.2, -0.15) is 0 Å². The van der Waals surface area contributed by atoms with Gasteiger partial charge >= 0.3 is 0 Å². The van der Waals surface area contributed by atoms with Crippen molar-refractivity contribution in [2.75, 3.05) is 25.7 Å². The average Bonchev–Trinajstić information content (AvgIpc) is 3.82. The maximum absolute atomic E-state index is 14.8. The number of carbonyl (C=O) groups is 2. The third-order valence-electron chi connectivity index (χ3n) is 8.81. The first kappa shape index (κ1) is 28.5. The van der Waals surface area contributed by atoms with Crippen LogP contribution in [0.1, 0.15) is 47.2 Å². The SMILES string of the molecule is COc1ccc(OC)c([C@@H]2c3cccn3-c3ccccc3N2C(=O)CN(C(=O)C(c2ccccc2)c2ccccc2)C2CC2)c1. The minimum Gasteiger partial charge on any atom is -0.497 e. The number of para-hydroxylation sites is 2. The topological polar surface area (TPSA) is 64.0 Å². The first-order valence-corrected chi connectivity index (χ1v) is 15.3. The van der Waals surface area contributed by atoms with E-state index in [0.29, 0.717) is 11.5 Å². The van der Waals surface area contributed by atoms with Crippen LogP contribution in [0, 0.1) is 0 Å². The first-order chi connectivity index (χ1) is 22.1. The Bertz CT molecular complexity index is 1790. The first-order valence-electron chi connectivity index (χ1n) is 15.3. The molecule has 45 heavy (non-hydrogen) atoms. The van der Waals surface area contributed by atoms with Gasteiger partial charge in [-0.1, -0.05) is 72.8 Å². The minimum absolute atomic E-state index is 0.0186. The Kier molecular flexibility index (Phi) is 7.59. The maximum Gasteiger partial charge on any atom is 0.247 e. The summed E-state index contributed by atoms with van der Waals surface area (Å²) in [5.74, 6) is 0.575. The number of anilines is 1. The molecule has 7 rings (SSSR count). The van der Waals surface area contributed by atoms with Crippen molar-refractivity contribution in [3.8, 4) is 17.2 Å². The number of hydrogen-bond acceptors (Lipinski definition) is 4. The standard InChI is InChI=1S/C38H35N3O4/c1-44-29-21-22-34(45-2)30(24-29)37-33-18-11-23-39(33)31-16-9-10-17-32(31)41(37)35(42)25-40(28-19-20-28)38(43)36(26-12-5-3-6-13-26)27-14-7-4-8-15-27/h3-18,21-24,28,36-37H,19-20,25H2,1-2H3/t37-/m1/s1. The molecule has 0 unspecified atom stereocenters. The van der Waals surface area contributed by atoms with Crippen molar-refractivity contribution in [3.63, 3.8) is 0 Å². The molecule has 5 aromatic rings. The molecule has 1 aliphatic heterocycles. The Balaban J connectivity index is 1.31. The number of nitrogens with zero attached hydrogens (tertiary/aromatic N) is 3. The maximum atomic E-state index is 14.8. The normalized spacial score (nSPS) is 15.3. The summed E-state index contributed by atoms with van der Waals surface area (Å²) in [7, 11) is 3.26. The van der Waals surface area contributed by atoms with Gasteiger partial charge in [0.05, 0.1) is 37.2 Å². The number of carbonyl (C=O) groups excluding carboxylic acids is 2. The second-order valence-corrected chi connectivity index (χ2v) is 11.5. The van der Waals surface area contributed by atoms with Crippen LogP contribution >= 0.6 is 0 Å². The van der Waals surface area contributed by atoms with E-state index in [1.807, 2.05) is 131 Å². The van der Waals surface area contributed by atoms with E-state index in [0.717, 1.165) is 46.6 Å². The van der Waals surface area contributed by atoms with Gasteiger partial charge in [0.1, 0.15) is 24.1 Å². The van der Waals surface area contributed by atoms with Crippen molar-refractivity contribution >= 4 is 17.5 Å². The summed E-state index contributed by atoms with van der Waals surface area (Å²) in [6.45, 7) is -0.0442. The van der Waals surface area contributed by atoms with Crippen LogP contribution in [0.2, 0.25) is 0 Å². The Hall–Kier alpha value is -5.30. The van der Waals surface area contributed by atoms with Crippen LogP contribution in [-0.4, -0.2) is 48.1 Å². The van der Waals surface area contributed by atoms with E-state index in [1.54, 1.807) is 14.2 Å². The molecule has 1 aliphatic carbocycles. The fourth-order valence-electron chi connectivity index (χ4n) is 6.54. The Labute approximate surface area is 263 Å². The van der Waals surface area contributed by atoms with Gasteiger partial charge in [-0.15, -0.1) is 0 Å². The second kappa shape index (κ2) is 12.0. The molecule has 1 atom stereocenters. The lowest BCUT2D eigenvalue weighted by molar-refractivity contribution is -0.136. The van der Waals surface area contributed by atoms with Crippen LogP contribution in [0.25, 0.3) is 5.69 Å². The number of amides is 2. The second-order valence-electron chi connectivity index (χ2n) is 11.5. The van der Waals surface area contributed by atoms with Gasteiger partial charge in [-0.25, -0.2) is 0 Å². The van der Waals surface area contributed by atoms with Crippen molar-refractivity contribution < 1.29 is 19.1 Å². The third-order valence-corrected chi connectivity index (χ3v) is 8.81. The lowest BCUT2D eigenvalue weighted by Crippen LogP contribution is -2.48. The summed E-state index contributed by atoms with van der Waals surface area (Å²) in [5.41, 5.74) is 5.21. The zero-order chi connectivity index (χ0) is 30.9. The van der Waals surface area contributed by atoms with Crippen LogP contribution in [0.4, 0.5) is 5.69 Å². The monoisotopic (exact) mass is 597 g/mol. The van der Waals surface area contributed by atoms with Gasteiger partial charge in [-0.3, -0.25) is 14.5 Å². The Morgan fingerprint density at radius 3 is 2.04 bits per heavy atom. The van der Waals surface area contributed by atoms with E-state index >= 15 is 0 Å². The van der Waals surface area contributed by atoms with Crippen molar-refractivity contribution in [3.05, 3.63) is 144 Å². The molecule has 0 saturated heterocycles. The molecule has 4 aromatic carbocycles. The van der Waals surface area contributed by atoms with E-state index in [9.17, 15) is 9.59 Å². The van der Waals surface area contributed by atoms with Gasteiger partial charge in [0.15, 0.2) is 0 Å². The number of hydrogen-bond donors (Lipinski definition) is 0. The molecule has 0 bridgehead atoms. The fourth-order valence-corrected chi connectivity index (χ4v) is 6.54. The van der Waals surface area contributed by atoms with E-state index in [2.05, 4.69) is 4.57 Å². The lowest BCUT2D eigenvalue weighted by Gasteiger charge is -2.40. The third kappa shape index (κ3) is 5.24. The molecule has 7 heteroatoms. The van der Waals surface area contributed by atoms with Crippen LogP contribution < -0.4 is 14.4 Å². The molecule has 0 N–H and O–H groups in total. The molecule has 0 radical (unpaired) electrons. The Morgan fingerprint density at radius 2 is 1.42 bits per heavy atom. The van der Waals surface area contributed by atoms with E-state index < -0.39 is 12.0 Å². The predicted molar refractivity (Wildman–Crippen MR) is 174 cm³/mol. The smallest absolute Gasteiger partial charge is 0.247 e. The molecule has 7 nitrogen and oxygen atoms in total. The number of fused-ring (bicyclic) bond motifs is 3. The largest absolute Gasteiger partial charge is 0.497 e. The van der Waals surface area contributed by atoms with Gasteiger partial charge < -0.3 is 18.9 Å². The highest BCUT2D eigenvalue weighted by atomic mass is 16.5. The van der Waals surface area contributed by atoms with E-state index in [-0.39, 0.29) is 24.4 Å². The summed E-state index contributed by atoms with van der Waals surface area (Å²) < 4.78 is 13.6. The van der Waals surface area contributed by atoms with Crippen LogP contribution in [0.3, 0.4) is 0 Å². The van der Waals surface area contributed by atoms with E-state index in [4.69, 9.17) is 9.47 Å². The van der Waals surface area contributed by atoms with E-state index in [1.165, 1.54) is 0 Å². The highest BCUT2D eigenvalue weighted by Crippen LogP contribution is 2.46. The summed E-state index contributed by atoms with van der Waals surface area (Å²) >= 11 is 0. The quantitative estimate of drug-likeness (QED) is 0.189.